The Morgan fingerprint density at radius 3 is 2.63 bits per heavy atom. The normalized spacial score (nSPS) is 15.3. The molecule has 158 valence electrons. The summed E-state index contributed by atoms with van der Waals surface area (Å²) in [5.74, 6) is 1.43. The lowest BCUT2D eigenvalue weighted by Crippen LogP contribution is -3.11. The molecule has 1 saturated heterocycles. The molecule has 0 saturated carbocycles. The molecule has 6 nitrogen and oxygen atoms in total. The summed E-state index contributed by atoms with van der Waals surface area (Å²) in [7, 11) is 0. The molecule has 7 heteroatoms. The van der Waals surface area contributed by atoms with Crippen LogP contribution < -0.4 is 15.0 Å². The minimum absolute atomic E-state index is 0.0487. The van der Waals surface area contributed by atoms with Crippen LogP contribution in [0, 0.1) is 13.8 Å². The number of nitrogens with one attached hydrogen (secondary N) is 2. The third-order valence-electron chi connectivity index (χ3n) is 5.77. The van der Waals surface area contributed by atoms with E-state index in [-0.39, 0.29) is 5.91 Å². The van der Waals surface area contributed by atoms with Crippen LogP contribution in [0.2, 0.25) is 0 Å². The molecule has 1 amide bonds. The van der Waals surface area contributed by atoms with Gasteiger partial charge in [-0.2, -0.15) is 0 Å². The van der Waals surface area contributed by atoms with Crippen LogP contribution in [0.1, 0.15) is 51.1 Å². The molecule has 1 aliphatic rings. The maximum Gasteiger partial charge on any atom is 0.251 e. The van der Waals surface area contributed by atoms with Gasteiger partial charge in [0.2, 0.25) is 0 Å². The summed E-state index contributed by atoms with van der Waals surface area (Å²) in [5, 5.41) is 9.19. The number of hydrogen-bond acceptors (Lipinski definition) is 5. The zero-order valence-corrected chi connectivity index (χ0v) is 18.3. The largest absolute Gasteiger partial charge is 0.489 e. The summed E-state index contributed by atoms with van der Waals surface area (Å²) in [4.78, 5) is 15.6. The summed E-state index contributed by atoms with van der Waals surface area (Å²) in [6.45, 7) is 7.17. The van der Waals surface area contributed by atoms with Crippen molar-refractivity contribution < 1.29 is 19.0 Å². The van der Waals surface area contributed by atoms with Gasteiger partial charge in [-0.25, -0.2) is 0 Å². The molecule has 2 aromatic heterocycles. The predicted octanol–water partition coefficient (Wildman–Crippen LogP) is 3.08. The lowest BCUT2D eigenvalue weighted by atomic mass is 10.1. The number of benzene rings is 1. The zero-order valence-electron chi connectivity index (χ0n) is 17.4. The molecule has 1 atom stereocenters. The van der Waals surface area contributed by atoms with E-state index in [0.717, 1.165) is 17.0 Å². The van der Waals surface area contributed by atoms with Gasteiger partial charge in [0.15, 0.2) is 0 Å². The second-order valence-electron chi connectivity index (χ2n) is 7.76. The van der Waals surface area contributed by atoms with E-state index in [1.165, 1.54) is 30.8 Å². The number of rotatable bonds is 8. The molecule has 3 aromatic rings. The number of carbonyl (C=O) groups excluding carboxylic acids is 1. The number of ether oxygens (including phenoxy) is 1. The van der Waals surface area contributed by atoms with Gasteiger partial charge in [-0.1, -0.05) is 11.2 Å². The molecule has 0 aliphatic carbocycles. The first-order valence-electron chi connectivity index (χ1n) is 10.4. The Hall–Kier alpha value is -2.64. The molecule has 0 radical (unpaired) electrons. The minimum atomic E-state index is -0.0487. The second kappa shape index (κ2) is 9.45. The van der Waals surface area contributed by atoms with Crippen LogP contribution in [0.3, 0.4) is 0 Å². The molecule has 30 heavy (non-hydrogen) atoms. The number of nitrogens with zero attached hydrogens (tertiary/aromatic N) is 1. The summed E-state index contributed by atoms with van der Waals surface area (Å²) < 4.78 is 11.0. The Balaban J connectivity index is 1.34. The third-order valence-corrected chi connectivity index (χ3v) is 6.76. The average molecular weight is 427 g/mol. The molecule has 1 fully saturated rings. The Morgan fingerprint density at radius 2 is 2.00 bits per heavy atom. The quantitative estimate of drug-likeness (QED) is 0.581. The summed E-state index contributed by atoms with van der Waals surface area (Å²) in [6.07, 6.45) is 2.53. The number of hydrogen-bond donors (Lipinski definition) is 2. The lowest BCUT2D eigenvalue weighted by molar-refractivity contribution is -0.918. The van der Waals surface area contributed by atoms with Gasteiger partial charge in [-0.3, -0.25) is 4.79 Å². The molecular formula is C23H28N3O3S+. The van der Waals surface area contributed by atoms with E-state index in [2.05, 4.69) is 28.0 Å². The molecule has 0 bridgehead atoms. The van der Waals surface area contributed by atoms with Gasteiger partial charge in [-0.15, -0.1) is 11.3 Å². The van der Waals surface area contributed by atoms with Crippen molar-refractivity contribution in [2.45, 2.75) is 39.3 Å². The number of aromatic nitrogens is 1. The van der Waals surface area contributed by atoms with Gasteiger partial charge in [0.25, 0.3) is 5.91 Å². The highest BCUT2D eigenvalue weighted by molar-refractivity contribution is 7.10. The highest BCUT2D eigenvalue weighted by Gasteiger charge is 2.28. The highest BCUT2D eigenvalue weighted by atomic mass is 32.1. The standard InChI is InChI=1S/C23H27N3O3S/c1-16-20(17(2)29-25-16)15-28-19-9-7-18(8-10-19)23(27)24-14-21(22-6-5-13-30-22)26-11-3-4-12-26/h5-10,13,21H,3-4,11-12,14-15H2,1-2H3,(H,24,27)/p+1/t21-/m1/s1. The average Bonchev–Trinajstić information content (AvgIpc) is 3.52. The molecule has 2 N–H and O–H groups in total. The maximum atomic E-state index is 12.7. The topological polar surface area (TPSA) is 68.8 Å². The van der Waals surface area contributed by atoms with E-state index in [1.807, 2.05) is 26.0 Å². The van der Waals surface area contributed by atoms with Crippen molar-refractivity contribution in [3.05, 3.63) is 69.2 Å². The summed E-state index contributed by atoms with van der Waals surface area (Å²) >= 11 is 1.77. The number of amides is 1. The zero-order chi connectivity index (χ0) is 20.9. The Bertz CT molecular complexity index is 941. The van der Waals surface area contributed by atoms with E-state index in [1.54, 1.807) is 28.4 Å². The Morgan fingerprint density at radius 1 is 1.23 bits per heavy atom. The van der Waals surface area contributed by atoms with Crippen molar-refractivity contribution in [1.29, 1.82) is 0 Å². The SMILES string of the molecule is Cc1noc(C)c1COc1ccc(C(=O)NC[C@H](c2cccs2)[NH+]2CCCC2)cc1. The van der Waals surface area contributed by atoms with Gasteiger partial charge in [0, 0.05) is 18.4 Å². The van der Waals surface area contributed by atoms with E-state index in [9.17, 15) is 4.79 Å². The Labute approximate surface area is 180 Å². The van der Waals surface area contributed by atoms with Crippen molar-refractivity contribution in [2.24, 2.45) is 0 Å². The van der Waals surface area contributed by atoms with Gasteiger partial charge in [-0.05, 0) is 49.6 Å². The minimum Gasteiger partial charge on any atom is -0.489 e. The monoisotopic (exact) mass is 426 g/mol. The number of thiophene rings is 1. The van der Waals surface area contributed by atoms with Crippen LogP contribution in [-0.2, 0) is 6.61 Å². The fourth-order valence-electron chi connectivity index (χ4n) is 3.98. The van der Waals surface area contributed by atoms with Crippen LogP contribution in [-0.4, -0.2) is 30.7 Å². The predicted molar refractivity (Wildman–Crippen MR) is 116 cm³/mol. The molecule has 4 rings (SSSR count). The molecule has 3 heterocycles. The highest BCUT2D eigenvalue weighted by Crippen LogP contribution is 2.19. The van der Waals surface area contributed by atoms with Crippen molar-refractivity contribution >= 4 is 17.2 Å². The number of quaternary nitrogens is 1. The number of likely N-dealkylation sites (tertiary alicyclic amines) is 1. The van der Waals surface area contributed by atoms with Crippen LogP contribution >= 0.6 is 11.3 Å². The second-order valence-corrected chi connectivity index (χ2v) is 8.74. The molecule has 0 unspecified atom stereocenters. The number of carbonyl (C=O) groups is 1. The number of aryl methyl sites for hydroxylation is 2. The van der Waals surface area contributed by atoms with Gasteiger partial charge in [0.1, 0.15) is 24.2 Å². The van der Waals surface area contributed by atoms with Crippen molar-refractivity contribution in [3.8, 4) is 5.75 Å². The van der Waals surface area contributed by atoms with E-state index >= 15 is 0 Å². The van der Waals surface area contributed by atoms with Crippen molar-refractivity contribution in [2.75, 3.05) is 19.6 Å². The van der Waals surface area contributed by atoms with E-state index in [4.69, 9.17) is 9.26 Å². The van der Waals surface area contributed by atoms with E-state index in [0.29, 0.717) is 30.5 Å². The van der Waals surface area contributed by atoms with Crippen LogP contribution in [0.4, 0.5) is 0 Å². The summed E-state index contributed by atoms with van der Waals surface area (Å²) in [6, 6.07) is 11.9. The molecule has 1 aliphatic heterocycles. The van der Waals surface area contributed by atoms with Crippen molar-refractivity contribution in [3.63, 3.8) is 0 Å². The van der Waals surface area contributed by atoms with Gasteiger partial charge < -0.3 is 19.5 Å². The summed E-state index contributed by atoms with van der Waals surface area (Å²) in [5.41, 5.74) is 2.44. The first-order valence-corrected chi connectivity index (χ1v) is 11.3. The van der Waals surface area contributed by atoms with Gasteiger partial charge in [0.05, 0.1) is 35.8 Å². The van der Waals surface area contributed by atoms with Crippen LogP contribution in [0.5, 0.6) is 5.75 Å². The lowest BCUT2D eigenvalue weighted by Gasteiger charge is -2.24. The van der Waals surface area contributed by atoms with E-state index < -0.39 is 0 Å². The smallest absolute Gasteiger partial charge is 0.251 e. The Kier molecular flexibility index (Phi) is 6.50. The fourth-order valence-corrected chi connectivity index (χ4v) is 4.86. The fraction of sp³-hybridized carbons (Fsp3) is 0.391. The van der Waals surface area contributed by atoms with Crippen LogP contribution in [0.25, 0.3) is 0 Å². The van der Waals surface area contributed by atoms with Crippen molar-refractivity contribution in [1.82, 2.24) is 10.5 Å². The van der Waals surface area contributed by atoms with Gasteiger partial charge >= 0.3 is 0 Å². The molecular weight excluding hydrogens is 398 g/mol. The maximum absolute atomic E-state index is 12.7. The molecule has 1 aromatic carbocycles. The van der Waals surface area contributed by atoms with Crippen LogP contribution in [0.15, 0.2) is 46.3 Å². The first kappa shape index (κ1) is 20.6. The third kappa shape index (κ3) is 4.74. The first-order chi connectivity index (χ1) is 14.6. The molecule has 0 spiro atoms.